The molecule has 11 unspecified atom stereocenters. The molecule has 11 heteroatoms. The lowest BCUT2D eigenvalue weighted by Gasteiger charge is -2.67. The predicted molar refractivity (Wildman–Crippen MR) is 175 cm³/mol. The molecule has 0 aromatic carbocycles. The molecule has 1 aliphatic heterocycles. The van der Waals surface area contributed by atoms with Crippen LogP contribution in [0.25, 0.3) is 0 Å². The highest BCUT2D eigenvalue weighted by Gasteiger charge is 2.73. The normalized spacial score (nSPS) is 37.4. The van der Waals surface area contributed by atoms with Gasteiger partial charge in [-0.25, -0.2) is 4.79 Å². The summed E-state index contributed by atoms with van der Waals surface area (Å²) in [4.78, 5) is 65.1. The Hall–Kier alpha value is -3.63. The number of ether oxygens (including phenoxy) is 5. The Morgan fingerprint density at radius 1 is 0.878 bits per heavy atom. The predicted octanol–water partition coefficient (Wildman–Crippen LogP) is 6.23. The SMILES string of the molecule is CCC(C)C(OC(C)=O)C(=O)OC1CC2C(C)(C3=CCC(c4ccoc4)C31C)C(OC(C)=O)CC1C(C)(C)OC(=O)CC(OC(C)=O)C12C. The monoisotopic (exact) mass is 684 g/mol. The summed E-state index contributed by atoms with van der Waals surface area (Å²) >= 11 is 0. The molecule has 0 N–H and O–H groups in total. The van der Waals surface area contributed by atoms with Crippen LogP contribution in [-0.2, 0) is 47.7 Å². The van der Waals surface area contributed by atoms with Crippen LogP contribution in [0.1, 0.15) is 113 Å². The van der Waals surface area contributed by atoms with Crippen LogP contribution in [0.2, 0.25) is 0 Å². The molecular formula is C38H52O11. The van der Waals surface area contributed by atoms with Crippen LogP contribution in [0.3, 0.4) is 0 Å². The van der Waals surface area contributed by atoms with Gasteiger partial charge in [0.1, 0.15) is 23.9 Å². The molecule has 3 aliphatic carbocycles. The van der Waals surface area contributed by atoms with Crippen molar-refractivity contribution in [2.24, 2.45) is 34.0 Å². The Bertz CT molecular complexity index is 1510. The van der Waals surface area contributed by atoms with Gasteiger partial charge in [0.25, 0.3) is 0 Å². The van der Waals surface area contributed by atoms with Crippen LogP contribution < -0.4 is 0 Å². The average Bonchev–Trinajstić information content (AvgIpc) is 3.63. The number of esters is 5. The fourth-order valence-corrected chi connectivity index (χ4v) is 10.4. The second-order valence-electron chi connectivity index (χ2n) is 15.8. The molecule has 1 aromatic heterocycles. The summed E-state index contributed by atoms with van der Waals surface area (Å²) in [5, 5.41) is 0. The number of carbonyl (C=O) groups is 5. The number of hydrogen-bond acceptors (Lipinski definition) is 11. The smallest absolute Gasteiger partial charge is 0.348 e. The molecule has 3 fully saturated rings. The highest BCUT2D eigenvalue weighted by molar-refractivity contribution is 5.79. The number of carbonyl (C=O) groups excluding carboxylic acids is 5. The van der Waals surface area contributed by atoms with Crippen molar-refractivity contribution in [3.63, 3.8) is 0 Å². The number of allylic oxidation sites excluding steroid dienone is 1. The topological polar surface area (TPSA) is 145 Å². The molecule has 1 aromatic rings. The van der Waals surface area contributed by atoms with E-state index in [1.807, 2.05) is 40.7 Å². The molecule has 0 amide bonds. The Kier molecular flexibility index (Phi) is 9.66. The van der Waals surface area contributed by atoms with Crippen molar-refractivity contribution < 1.29 is 52.1 Å². The van der Waals surface area contributed by atoms with Crippen molar-refractivity contribution in [1.29, 1.82) is 0 Å². The number of cyclic esters (lactones) is 1. The number of rotatable bonds is 8. The fraction of sp³-hybridized carbons (Fsp3) is 0.711. The van der Waals surface area contributed by atoms with E-state index in [9.17, 15) is 24.0 Å². The summed E-state index contributed by atoms with van der Waals surface area (Å²) in [6.07, 6.45) is 3.79. The summed E-state index contributed by atoms with van der Waals surface area (Å²) in [6, 6.07) is 1.91. The van der Waals surface area contributed by atoms with Gasteiger partial charge < -0.3 is 28.1 Å². The van der Waals surface area contributed by atoms with Gasteiger partial charge >= 0.3 is 29.8 Å². The van der Waals surface area contributed by atoms with Crippen molar-refractivity contribution in [2.75, 3.05) is 0 Å². The molecule has 2 saturated carbocycles. The average molecular weight is 685 g/mol. The summed E-state index contributed by atoms with van der Waals surface area (Å²) < 4.78 is 36.0. The van der Waals surface area contributed by atoms with Crippen molar-refractivity contribution in [2.45, 2.75) is 137 Å². The standard InChI is InChI=1S/C38H52O11/c1-11-20(2)33(47-23(5)41)34(43)48-29-17-28-37(9,26-13-12-25(36(26,29)8)24-14-15-44-19-24)30(45-21(3)39)16-27-35(6,7)49-32(42)18-31(38(27,28)10)46-22(4)40/h13-15,19-20,25,27-31,33H,11-12,16-18H2,1-10H3. The lowest BCUT2D eigenvalue weighted by molar-refractivity contribution is -0.239. The minimum absolute atomic E-state index is 0.151. The van der Waals surface area contributed by atoms with Gasteiger partial charge in [-0.05, 0) is 57.1 Å². The summed E-state index contributed by atoms with van der Waals surface area (Å²) in [7, 11) is 0. The van der Waals surface area contributed by atoms with Gasteiger partial charge in [0, 0.05) is 54.8 Å². The molecule has 0 spiro atoms. The molecule has 0 bridgehead atoms. The molecule has 11 atom stereocenters. The Balaban J connectivity index is 1.74. The number of hydrogen-bond donors (Lipinski definition) is 0. The molecule has 49 heavy (non-hydrogen) atoms. The van der Waals surface area contributed by atoms with Gasteiger partial charge in [-0.2, -0.15) is 0 Å². The van der Waals surface area contributed by atoms with Crippen LogP contribution in [-0.4, -0.2) is 59.9 Å². The van der Waals surface area contributed by atoms with E-state index in [-0.39, 0.29) is 24.7 Å². The van der Waals surface area contributed by atoms with E-state index in [0.29, 0.717) is 19.3 Å². The quantitative estimate of drug-likeness (QED) is 0.175. The molecule has 5 rings (SSSR count). The first-order valence-corrected chi connectivity index (χ1v) is 17.5. The highest BCUT2D eigenvalue weighted by atomic mass is 16.6. The fourth-order valence-electron chi connectivity index (χ4n) is 10.4. The van der Waals surface area contributed by atoms with Gasteiger partial charge in [0.05, 0.1) is 18.9 Å². The third-order valence-corrected chi connectivity index (χ3v) is 12.7. The maximum atomic E-state index is 14.2. The van der Waals surface area contributed by atoms with Crippen LogP contribution in [0, 0.1) is 34.0 Å². The van der Waals surface area contributed by atoms with E-state index < -0.39 is 87.9 Å². The highest BCUT2D eigenvalue weighted by Crippen LogP contribution is 2.73. The minimum Gasteiger partial charge on any atom is -0.472 e. The molecule has 4 aliphatic rings. The zero-order valence-corrected chi connectivity index (χ0v) is 30.5. The zero-order chi connectivity index (χ0) is 36.3. The molecule has 11 nitrogen and oxygen atoms in total. The third kappa shape index (κ3) is 5.98. The van der Waals surface area contributed by atoms with Gasteiger partial charge in [0.2, 0.25) is 6.10 Å². The first kappa shape index (κ1) is 36.6. The van der Waals surface area contributed by atoms with Crippen LogP contribution in [0.15, 0.2) is 34.7 Å². The summed E-state index contributed by atoms with van der Waals surface area (Å²) in [5.74, 6) is -3.97. The second-order valence-corrected chi connectivity index (χ2v) is 15.8. The molecule has 1 saturated heterocycles. The second kappa shape index (κ2) is 12.9. The first-order valence-electron chi connectivity index (χ1n) is 17.5. The van der Waals surface area contributed by atoms with Crippen LogP contribution in [0.4, 0.5) is 0 Å². The Morgan fingerprint density at radius 2 is 1.49 bits per heavy atom. The largest absolute Gasteiger partial charge is 0.472 e. The molecule has 0 radical (unpaired) electrons. The lowest BCUT2D eigenvalue weighted by atomic mass is 9.39. The molecule has 2 heterocycles. The molecular weight excluding hydrogens is 632 g/mol. The van der Waals surface area contributed by atoms with Crippen molar-refractivity contribution in [3.05, 3.63) is 35.8 Å². The van der Waals surface area contributed by atoms with Crippen molar-refractivity contribution in [1.82, 2.24) is 0 Å². The van der Waals surface area contributed by atoms with Gasteiger partial charge in [-0.1, -0.05) is 46.3 Å². The summed E-state index contributed by atoms with van der Waals surface area (Å²) in [6.45, 7) is 17.7. The molecule has 270 valence electrons. The van der Waals surface area contributed by atoms with Gasteiger partial charge in [0.15, 0.2) is 0 Å². The maximum absolute atomic E-state index is 14.2. The van der Waals surface area contributed by atoms with Crippen LogP contribution in [0.5, 0.6) is 0 Å². The first-order chi connectivity index (χ1) is 22.8. The number of fused-ring (bicyclic) bond motifs is 5. The maximum Gasteiger partial charge on any atom is 0.348 e. The van der Waals surface area contributed by atoms with Crippen molar-refractivity contribution in [3.8, 4) is 0 Å². The van der Waals surface area contributed by atoms with E-state index in [1.165, 1.54) is 20.8 Å². The van der Waals surface area contributed by atoms with E-state index in [1.54, 1.807) is 12.5 Å². The van der Waals surface area contributed by atoms with E-state index >= 15 is 0 Å². The third-order valence-electron chi connectivity index (χ3n) is 12.7. The van der Waals surface area contributed by atoms with Crippen molar-refractivity contribution >= 4 is 29.8 Å². The zero-order valence-electron chi connectivity index (χ0n) is 30.5. The van der Waals surface area contributed by atoms with Crippen LogP contribution >= 0.6 is 0 Å². The van der Waals surface area contributed by atoms with E-state index in [4.69, 9.17) is 28.1 Å². The van der Waals surface area contributed by atoms with E-state index in [0.717, 1.165) is 11.1 Å². The Morgan fingerprint density at radius 3 is 2.06 bits per heavy atom. The van der Waals surface area contributed by atoms with Gasteiger partial charge in [-0.15, -0.1) is 0 Å². The summed E-state index contributed by atoms with van der Waals surface area (Å²) in [5.41, 5.74) is -1.65. The minimum atomic E-state index is -1.11. The number of furan rings is 1. The Labute approximate surface area is 288 Å². The lowest BCUT2D eigenvalue weighted by Crippen LogP contribution is -2.69. The van der Waals surface area contributed by atoms with E-state index in [2.05, 4.69) is 19.9 Å². The van der Waals surface area contributed by atoms with Gasteiger partial charge in [-0.3, -0.25) is 19.2 Å².